The third kappa shape index (κ3) is 9.72. The number of aliphatic hydroxyl groups excluding tert-OH is 2. The first kappa shape index (κ1) is 36.7. The number of hydrogen-bond acceptors (Lipinski definition) is 8. The minimum Gasteiger partial charge on any atom is -0.394 e. The van der Waals surface area contributed by atoms with Gasteiger partial charge in [-0.05, 0) is 79.6 Å². The topological polar surface area (TPSA) is 112 Å². The van der Waals surface area contributed by atoms with E-state index in [0.717, 1.165) is 36.8 Å². The molecule has 2 heterocycles. The molecule has 1 aromatic carbocycles. The molecule has 2 unspecified atom stereocenters. The van der Waals surface area contributed by atoms with Gasteiger partial charge >= 0.3 is 0 Å². The SMILES string of the molecule is C=CCOC/C=C/[C@H]1CC(=C)C(CC[C@H]2C[C@@H](C)C(=C)C(C[C@@H]3C[C@H](C[C@H](O)CO)[C@H](OC)[C@H]3CS(=O)(=O)c3ccccc3)O2)O1. The van der Waals surface area contributed by atoms with Gasteiger partial charge in [-0.15, -0.1) is 6.58 Å². The van der Waals surface area contributed by atoms with E-state index in [9.17, 15) is 18.6 Å². The number of aliphatic hydroxyl groups is 2. The summed E-state index contributed by atoms with van der Waals surface area (Å²) in [4.78, 5) is 0.295. The molecule has 9 heteroatoms. The molecule has 1 aliphatic carbocycles. The molecule has 3 fully saturated rings. The molecule has 4 rings (SSSR count). The van der Waals surface area contributed by atoms with Crippen LogP contribution in [0.25, 0.3) is 0 Å². The molecule has 2 saturated heterocycles. The van der Waals surface area contributed by atoms with Gasteiger partial charge in [-0.1, -0.05) is 56.5 Å². The van der Waals surface area contributed by atoms with Gasteiger partial charge in [0.05, 0.1) is 67.1 Å². The lowest BCUT2D eigenvalue weighted by molar-refractivity contribution is -0.0549. The van der Waals surface area contributed by atoms with Gasteiger partial charge in [-0.2, -0.15) is 0 Å². The predicted molar refractivity (Wildman–Crippen MR) is 180 cm³/mol. The average Bonchev–Trinajstić information content (AvgIpc) is 3.55. The molecule has 0 amide bonds. The second-order valence-corrected chi connectivity index (χ2v) is 15.4. The molecule has 0 spiro atoms. The molecule has 0 radical (unpaired) electrons. The van der Waals surface area contributed by atoms with E-state index >= 15 is 0 Å². The minimum atomic E-state index is -3.58. The van der Waals surface area contributed by atoms with Crippen molar-refractivity contribution < 1.29 is 37.6 Å². The van der Waals surface area contributed by atoms with Crippen molar-refractivity contribution in [2.24, 2.45) is 23.7 Å². The Kier molecular flexibility index (Phi) is 13.8. The highest BCUT2D eigenvalue weighted by Gasteiger charge is 2.47. The van der Waals surface area contributed by atoms with Gasteiger partial charge < -0.3 is 29.2 Å². The van der Waals surface area contributed by atoms with Gasteiger partial charge in [0.2, 0.25) is 0 Å². The van der Waals surface area contributed by atoms with E-state index in [-0.39, 0.29) is 66.6 Å². The maximum absolute atomic E-state index is 13.6. The highest BCUT2D eigenvalue weighted by Crippen LogP contribution is 2.46. The zero-order valence-corrected chi connectivity index (χ0v) is 28.4. The van der Waals surface area contributed by atoms with Gasteiger partial charge in [-0.3, -0.25) is 0 Å². The fourth-order valence-corrected chi connectivity index (χ4v) is 9.35. The summed E-state index contributed by atoms with van der Waals surface area (Å²) >= 11 is 0. The van der Waals surface area contributed by atoms with Gasteiger partial charge in [0.1, 0.15) is 0 Å². The minimum absolute atomic E-state index is 0.000970. The van der Waals surface area contributed by atoms with E-state index in [1.807, 2.05) is 12.2 Å². The fraction of sp³-hybridized carbons (Fsp3) is 0.622. The van der Waals surface area contributed by atoms with Crippen LogP contribution in [0, 0.1) is 23.7 Å². The molecule has 0 aromatic heterocycles. The highest BCUT2D eigenvalue weighted by molar-refractivity contribution is 7.91. The summed E-state index contributed by atoms with van der Waals surface area (Å²) in [6.45, 7) is 15.2. The van der Waals surface area contributed by atoms with Crippen molar-refractivity contribution in [3.05, 3.63) is 79.4 Å². The Morgan fingerprint density at radius 1 is 1.07 bits per heavy atom. The van der Waals surface area contributed by atoms with E-state index in [2.05, 4.69) is 26.7 Å². The molecule has 2 N–H and O–H groups in total. The zero-order valence-electron chi connectivity index (χ0n) is 27.5. The lowest BCUT2D eigenvalue weighted by Gasteiger charge is -2.38. The van der Waals surface area contributed by atoms with Crippen LogP contribution < -0.4 is 0 Å². The van der Waals surface area contributed by atoms with Crippen LogP contribution in [0.5, 0.6) is 0 Å². The van der Waals surface area contributed by atoms with Crippen LogP contribution in [-0.4, -0.2) is 87.9 Å². The summed E-state index contributed by atoms with van der Waals surface area (Å²) < 4.78 is 51.5. The zero-order chi connectivity index (χ0) is 33.3. The van der Waals surface area contributed by atoms with E-state index in [1.165, 1.54) is 0 Å². The Hall–Kier alpha value is -2.11. The van der Waals surface area contributed by atoms with Gasteiger partial charge in [-0.25, -0.2) is 8.42 Å². The fourth-order valence-electron chi connectivity index (χ4n) is 7.62. The number of rotatable bonds is 17. The van der Waals surface area contributed by atoms with Crippen LogP contribution in [0.15, 0.2) is 84.3 Å². The summed E-state index contributed by atoms with van der Waals surface area (Å²) in [7, 11) is -1.98. The summed E-state index contributed by atoms with van der Waals surface area (Å²) in [5.74, 6) is -0.185. The Labute approximate surface area is 276 Å². The third-order valence-electron chi connectivity index (χ3n) is 10.0. The van der Waals surface area contributed by atoms with Crippen molar-refractivity contribution in [3.63, 3.8) is 0 Å². The molecule has 3 aliphatic rings. The number of hydrogen-bond donors (Lipinski definition) is 2. The van der Waals surface area contributed by atoms with E-state index in [1.54, 1.807) is 43.5 Å². The molecule has 1 aromatic rings. The van der Waals surface area contributed by atoms with Crippen molar-refractivity contribution in [3.8, 4) is 0 Å². The van der Waals surface area contributed by atoms with Gasteiger partial charge in [0.15, 0.2) is 9.84 Å². The second kappa shape index (κ2) is 17.3. The Morgan fingerprint density at radius 3 is 2.52 bits per heavy atom. The number of sulfone groups is 1. The van der Waals surface area contributed by atoms with Gasteiger partial charge in [0.25, 0.3) is 0 Å². The van der Waals surface area contributed by atoms with E-state index in [0.29, 0.717) is 37.4 Å². The van der Waals surface area contributed by atoms with Crippen LogP contribution in [0.1, 0.15) is 51.9 Å². The lowest BCUT2D eigenvalue weighted by atomic mass is 9.81. The summed E-state index contributed by atoms with van der Waals surface area (Å²) in [6, 6.07) is 8.53. The normalized spacial score (nSPS) is 32.7. The molecule has 256 valence electrons. The first-order valence-electron chi connectivity index (χ1n) is 16.7. The van der Waals surface area contributed by atoms with Crippen molar-refractivity contribution in [1.29, 1.82) is 0 Å². The molecule has 46 heavy (non-hydrogen) atoms. The van der Waals surface area contributed by atoms with Gasteiger partial charge in [0, 0.05) is 19.4 Å². The first-order valence-corrected chi connectivity index (χ1v) is 18.3. The smallest absolute Gasteiger partial charge is 0.178 e. The predicted octanol–water partition coefficient (Wildman–Crippen LogP) is 5.46. The molecular formula is C37H54O8S. The van der Waals surface area contributed by atoms with Crippen LogP contribution in [0.4, 0.5) is 0 Å². The van der Waals surface area contributed by atoms with Crippen LogP contribution in [-0.2, 0) is 28.8 Å². The standard InChI is InChI=1S/C37H54O8S/c1-6-16-43-17-10-11-31-19-26(3)35(44-31)15-14-32-18-25(2)27(4)36(45-32)22-28-20-29(21-30(39)23-38)37(42-5)34(28)24-46(40,41)33-12-8-7-9-13-33/h6-13,25,28-32,34-39H,1,3-4,14-24H2,2,5H3/b11-10+/t25-,28+,29-,30+,31+,32+,34+,35?,36?,37+/m1/s1. The average molecular weight is 659 g/mol. The molecule has 10 atom stereocenters. The maximum atomic E-state index is 13.6. The third-order valence-corrected chi connectivity index (χ3v) is 11.8. The van der Waals surface area contributed by atoms with Crippen LogP contribution >= 0.6 is 0 Å². The molecule has 2 aliphatic heterocycles. The number of methoxy groups -OCH3 is 1. The van der Waals surface area contributed by atoms with Crippen molar-refractivity contribution in [2.75, 3.05) is 32.7 Å². The van der Waals surface area contributed by atoms with E-state index in [4.69, 9.17) is 18.9 Å². The summed E-state index contributed by atoms with van der Waals surface area (Å²) in [5.41, 5.74) is 2.14. The first-order chi connectivity index (χ1) is 22.1. The Balaban J connectivity index is 1.42. The monoisotopic (exact) mass is 658 g/mol. The van der Waals surface area contributed by atoms with Crippen molar-refractivity contribution in [2.45, 2.75) is 93.4 Å². The Bertz CT molecular complexity index is 1280. The van der Waals surface area contributed by atoms with Crippen molar-refractivity contribution >= 4 is 9.84 Å². The maximum Gasteiger partial charge on any atom is 0.178 e. The molecular weight excluding hydrogens is 604 g/mol. The van der Waals surface area contributed by atoms with E-state index < -0.39 is 15.9 Å². The number of ether oxygens (including phenoxy) is 4. The Morgan fingerprint density at radius 2 is 1.83 bits per heavy atom. The lowest BCUT2D eigenvalue weighted by Crippen LogP contribution is -2.38. The molecule has 1 saturated carbocycles. The van der Waals surface area contributed by atoms with Crippen LogP contribution in [0.2, 0.25) is 0 Å². The second-order valence-electron chi connectivity index (χ2n) is 13.3. The molecule has 0 bridgehead atoms. The van der Waals surface area contributed by atoms with Crippen LogP contribution in [0.3, 0.4) is 0 Å². The quantitative estimate of drug-likeness (QED) is 0.168. The highest BCUT2D eigenvalue weighted by atomic mass is 32.2. The molecule has 8 nitrogen and oxygen atoms in total. The number of benzene rings is 1. The summed E-state index contributed by atoms with van der Waals surface area (Å²) in [6.07, 6.45) is 9.30. The van der Waals surface area contributed by atoms with Crippen molar-refractivity contribution in [1.82, 2.24) is 0 Å². The summed E-state index contributed by atoms with van der Waals surface area (Å²) in [5, 5.41) is 19.9. The largest absolute Gasteiger partial charge is 0.394 e.